The Morgan fingerprint density at radius 3 is 0.763 bits per heavy atom. The van der Waals surface area contributed by atoms with Gasteiger partial charge in [-0.2, -0.15) is 0 Å². The number of carbonyl (C=O) groups excluding carboxylic acids is 8. The third-order valence-corrected chi connectivity index (χ3v) is 24.3. The fraction of sp³-hybridized carbons (Fsp3) is 0.429. The lowest BCUT2D eigenvalue weighted by Gasteiger charge is -2.37. The van der Waals surface area contributed by atoms with Crippen molar-refractivity contribution in [2.45, 2.75) is 234 Å². The topological polar surface area (TPSA) is 259 Å². The summed E-state index contributed by atoms with van der Waals surface area (Å²) in [6.45, 7) is 25.9. The van der Waals surface area contributed by atoms with Gasteiger partial charge in [-0.15, -0.1) is 0 Å². The minimum absolute atomic E-state index is 0.00328. The highest BCUT2D eigenvalue weighted by Crippen LogP contribution is 2.44. The molecule has 20 heteroatoms. The van der Waals surface area contributed by atoms with Gasteiger partial charge >= 0.3 is 0 Å². The van der Waals surface area contributed by atoms with Crippen LogP contribution in [0.2, 0.25) is 0 Å². The zero-order chi connectivity index (χ0) is 83.8. The zero-order valence-corrected chi connectivity index (χ0v) is 70.5. The molecule has 620 valence electrons. The fourth-order valence-electron chi connectivity index (χ4n) is 18.8. The molecule has 0 bridgehead atoms. The fourth-order valence-corrected chi connectivity index (χ4v) is 18.8. The SMILES string of the molecule is CCc1c(C(=O)NC2(C(=O)c3cc(C)cc(C)c3)CCCC2)ccc2c1OCCO2.CCc1c(C(=O)NC2(C(=O)c3cc(C)cc(C)c3)CCCCC2)ccc2c1OCCO2.Cc1cc(C)cc(C(=O)C2(NC(=O)c3ccc4c(c3C)OCO4)CCCC2)c1.Cc1cc(C)cc(C(=O)C2(NC(=O)c3ccc4c(c3C)OCO4)CCCCC2)c1. The van der Waals surface area contributed by atoms with E-state index in [2.05, 4.69) is 39.5 Å². The maximum atomic E-state index is 13.7. The molecular formula is C98H112N4O16. The van der Waals surface area contributed by atoms with Crippen LogP contribution in [-0.4, -0.2) is 109 Å². The summed E-state index contributed by atoms with van der Waals surface area (Å²) in [4.78, 5) is 108. The normalized spacial score (nSPS) is 17.0. The van der Waals surface area contributed by atoms with Crippen LogP contribution in [0.4, 0.5) is 0 Å². The van der Waals surface area contributed by atoms with E-state index >= 15 is 0 Å². The molecule has 4 N–H and O–H groups in total. The van der Waals surface area contributed by atoms with Crippen molar-refractivity contribution in [2.24, 2.45) is 0 Å². The van der Waals surface area contributed by atoms with Crippen molar-refractivity contribution in [1.82, 2.24) is 21.3 Å². The van der Waals surface area contributed by atoms with Gasteiger partial charge in [-0.25, -0.2) is 0 Å². The first-order chi connectivity index (χ1) is 56.6. The van der Waals surface area contributed by atoms with E-state index in [1.54, 1.807) is 48.5 Å². The summed E-state index contributed by atoms with van der Waals surface area (Å²) in [5.41, 5.74) is 13.0. The lowest BCUT2D eigenvalue weighted by molar-refractivity contribution is 0.0713. The first-order valence-corrected chi connectivity index (χ1v) is 42.1. The van der Waals surface area contributed by atoms with E-state index in [0.29, 0.717) is 181 Å². The number of carbonyl (C=O) groups is 8. The van der Waals surface area contributed by atoms with Gasteiger partial charge in [-0.3, -0.25) is 38.4 Å². The van der Waals surface area contributed by atoms with Gasteiger partial charge in [-0.1, -0.05) is 147 Å². The van der Waals surface area contributed by atoms with Crippen molar-refractivity contribution >= 4 is 46.8 Å². The average molecular weight is 1600 g/mol. The van der Waals surface area contributed by atoms with Crippen molar-refractivity contribution < 1.29 is 76.3 Å². The summed E-state index contributed by atoms with van der Waals surface area (Å²) in [7, 11) is 0. The number of benzene rings is 8. The molecule has 4 fully saturated rings. The predicted octanol–water partition coefficient (Wildman–Crippen LogP) is 18.4. The molecule has 4 heterocycles. The van der Waals surface area contributed by atoms with E-state index in [9.17, 15) is 38.4 Å². The lowest BCUT2D eigenvalue weighted by atomic mass is 9.76. The molecule has 4 amide bonds. The minimum atomic E-state index is -0.867. The van der Waals surface area contributed by atoms with E-state index < -0.39 is 22.2 Å². The van der Waals surface area contributed by atoms with Gasteiger partial charge in [0.25, 0.3) is 23.6 Å². The van der Waals surface area contributed by atoms with Crippen molar-refractivity contribution in [3.63, 3.8) is 0 Å². The van der Waals surface area contributed by atoms with Crippen LogP contribution in [0, 0.1) is 69.2 Å². The monoisotopic (exact) mass is 1600 g/mol. The number of hydrogen-bond donors (Lipinski definition) is 4. The molecule has 4 aliphatic carbocycles. The molecule has 118 heavy (non-hydrogen) atoms. The van der Waals surface area contributed by atoms with Crippen LogP contribution in [0.25, 0.3) is 0 Å². The smallest absolute Gasteiger partial charge is 0.252 e. The third-order valence-electron chi connectivity index (χ3n) is 24.3. The van der Waals surface area contributed by atoms with Crippen LogP contribution in [0.5, 0.6) is 46.0 Å². The molecule has 0 radical (unpaired) electrons. The Balaban J connectivity index is 0.000000136. The Kier molecular flexibility index (Phi) is 26.0. The summed E-state index contributed by atoms with van der Waals surface area (Å²) in [6, 6.07) is 37.7. The maximum Gasteiger partial charge on any atom is 0.252 e. The Morgan fingerprint density at radius 1 is 0.271 bits per heavy atom. The first kappa shape index (κ1) is 84.6. The second kappa shape index (κ2) is 36.3. The number of hydrogen-bond acceptors (Lipinski definition) is 16. The number of ether oxygens (including phenoxy) is 8. The molecule has 4 aliphatic heterocycles. The van der Waals surface area contributed by atoms with Gasteiger partial charge in [0.05, 0.1) is 0 Å². The lowest BCUT2D eigenvalue weighted by Crippen LogP contribution is -2.55. The molecule has 0 spiro atoms. The summed E-state index contributed by atoms with van der Waals surface area (Å²) >= 11 is 0. The Morgan fingerprint density at radius 2 is 0.500 bits per heavy atom. The molecule has 0 unspecified atom stereocenters. The van der Waals surface area contributed by atoms with Crippen LogP contribution in [0.3, 0.4) is 0 Å². The highest BCUT2D eigenvalue weighted by Gasteiger charge is 2.47. The molecule has 8 aliphatic rings. The second-order valence-corrected chi connectivity index (χ2v) is 33.4. The van der Waals surface area contributed by atoms with Crippen molar-refractivity contribution in [3.8, 4) is 46.0 Å². The van der Waals surface area contributed by atoms with Gasteiger partial charge in [0, 0.05) is 66.8 Å². The van der Waals surface area contributed by atoms with Gasteiger partial charge in [-0.05, 0) is 231 Å². The van der Waals surface area contributed by atoms with Gasteiger partial charge in [0.1, 0.15) is 48.6 Å². The third kappa shape index (κ3) is 18.2. The average Bonchev–Trinajstić information content (AvgIpc) is 1.21. The first-order valence-electron chi connectivity index (χ1n) is 42.1. The van der Waals surface area contributed by atoms with Gasteiger partial charge in [0.15, 0.2) is 69.1 Å². The van der Waals surface area contributed by atoms with Crippen molar-refractivity contribution in [1.29, 1.82) is 0 Å². The Labute approximate surface area is 692 Å². The summed E-state index contributed by atoms with van der Waals surface area (Å²) < 4.78 is 44.7. The van der Waals surface area contributed by atoms with Crippen LogP contribution in [-0.2, 0) is 12.8 Å². The molecule has 16 rings (SSSR count). The molecule has 20 nitrogen and oxygen atoms in total. The molecule has 0 saturated heterocycles. The molecule has 8 aromatic carbocycles. The zero-order valence-electron chi connectivity index (χ0n) is 70.5. The maximum absolute atomic E-state index is 13.7. The number of fused-ring (bicyclic) bond motifs is 4. The second-order valence-electron chi connectivity index (χ2n) is 33.4. The van der Waals surface area contributed by atoms with Gasteiger partial charge < -0.3 is 59.2 Å². The van der Waals surface area contributed by atoms with Crippen LogP contribution >= 0.6 is 0 Å². The number of aryl methyl sites for hydroxylation is 8. The number of nitrogens with one attached hydrogen (secondary N) is 4. The summed E-state index contributed by atoms with van der Waals surface area (Å²) in [5.74, 6) is 4.30. The van der Waals surface area contributed by atoms with E-state index in [4.69, 9.17) is 37.9 Å². The highest BCUT2D eigenvalue weighted by molar-refractivity contribution is 6.11. The number of amides is 4. The number of ketones is 4. The van der Waals surface area contributed by atoms with Crippen LogP contribution in [0.1, 0.15) is 279 Å². The largest absolute Gasteiger partial charge is 0.486 e. The molecule has 8 aromatic rings. The number of rotatable bonds is 18. The molecule has 0 atom stereocenters. The summed E-state index contributed by atoms with van der Waals surface area (Å²) in [6.07, 6.45) is 16.2. The quantitative estimate of drug-likeness (QED) is 0.0582. The minimum Gasteiger partial charge on any atom is -0.486 e. The van der Waals surface area contributed by atoms with Crippen molar-refractivity contribution in [3.05, 3.63) is 233 Å². The molecule has 0 aromatic heterocycles. The molecular weight excluding hydrogens is 1490 g/mol. The van der Waals surface area contributed by atoms with Crippen LogP contribution < -0.4 is 59.2 Å². The van der Waals surface area contributed by atoms with E-state index in [-0.39, 0.29) is 60.3 Å². The molecule has 4 saturated carbocycles. The standard InChI is InChI=1S/C26H31NO4.C25H29NO4.C24H27NO4.C23H25NO4/c1-4-20-21(8-9-22-23(20)31-13-12-30-22)25(29)27-26(10-6-5-7-11-26)24(28)19-15-17(2)14-18(3)16-19;1-4-19-20(7-8-21-22(19)30-12-11-29-21)24(28)26-25(9-5-6-10-25)23(27)18-14-16(2)13-17(3)15-18;1-15-11-16(2)13-18(12-15)22(26)24(9-5-4-6-10-24)25-23(27)19-7-8-20-21(17(19)3)29-14-28-20;1-14-10-15(2)12-17(11-14)21(25)23(8-4-5-9-23)24-22(26)18-6-7-19-20(16(18)3)28-13-27-19/h8-9,14-16H,4-7,10-13H2,1-3H3,(H,27,29);7-8,13-15H,4-6,9-12H2,1-3H3,(H,26,28);7-8,11-13H,4-6,9-10,14H2,1-3H3,(H,25,27);6-7,10-12H,4-5,8-9,13H2,1-3H3,(H,24,26). The summed E-state index contributed by atoms with van der Waals surface area (Å²) in [5, 5.41) is 12.6. The Bertz CT molecular complexity index is 5120. The van der Waals surface area contributed by atoms with Crippen molar-refractivity contribution in [2.75, 3.05) is 40.0 Å². The highest BCUT2D eigenvalue weighted by atomic mass is 16.7. The van der Waals surface area contributed by atoms with Gasteiger partial charge in [0.2, 0.25) is 13.6 Å². The van der Waals surface area contributed by atoms with Crippen LogP contribution in [0.15, 0.2) is 121 Å². The number of Topliss-reactive ketones (excluding diaryl/α,β-unsaturated/α-hetero) is 4. The Hall–Kier alpha value is -11.3. The predicted molar refractivity (Wildman–Crippen MR) is 453 cm³/mol. The van der Waals surface area contributed by atoms with E-state index in [1.165, 1.54) is 0 Å². The van der Waals surface area contributed by atoms with E-state index in [1.807, 2.05) is 138 Å². The van der Waals surface area contributed by atoms with E-state index in [0.717, 1.165) is 131 Å².